The Labute approximate surface area is 143 Å². The van der Waals surface area contributed by atoms with Crippen LogP contribution in [0.5, 0.6) is 0 Å². The van der Waals surface area contributed by atoms with E-state index >= 15 is 0 Å². The van der Waals surface area contributed by atoms with Crippen molar-refractivity contribution < 1.29 is 0 Å². The molecule has 1 aromatic heterocycles. The molecule has 3 heteroatoms. The first kappa shape index (κ1) is 15.3. The van der Waals surface area contributed by atoms with Crippen molar-refractivity contribution in [2.75, 3.05) is 26.2 Å². The maximum atomic E-state index is 4.68. The average molecular weight is 317 g/mol. The molecule has 2 aromatic carbocycles. The Kier molecular flexibility index (Phi) is 4.54. The fourth-order valence-corrected chi connectivity index (χ4v) is 3.61. The molecule has 0 spiro atoms. The van der Waals surface area contributed by atoms with Crippen LogP contribution in [-0.4, -0.2) is 36.1 Å². The van der Waals surface area contributed by atoms with Gasteiger partial charge in [-0.2, -0.15) is 0 Å². The van der Waals surface area contributed by atoms with E-state index in [4.69, 9.17) is 0 Å². The molecule has 3 nitrogen and oxygen atoms in total. The van der Waals surface area contributed by atoms with Gasteiger partial charge in [-0.25, -0.2) is 0 Å². The molecule has 4 rings (SSSR count). The third-order valence-electron chi connectivity index (χ3n) is 4.80. The van der Waals surface area contributed by atoms with Crippen LogP contribution in [0.2, 0.25) is 0 Å². The highest BCUT2D eigenvalue weighted by Crippen LogP contribution is 2.30. The van der Waals surface area contributed by atoms with Gasteiger partial charge in [0, 0.05) is 25.8 Å². The lowest BCUT2D eigenvalue weighted by Gasteiger charge is -2.30. The minimum absolute atomic E-state index is 0.218. The molecule has 0 bridgehead atoms. The van der Waals surface area contributed by atoms with Gasteiger partial charge in [0.25, 0.3) is 0 Å². The summed E-state index contributed by atoms with van der Waals surface area (Å²) in [7, 11) is 0. The van der Waals surface area contributed by atoms with Crippen molar-refractivity contribution in [3.8, 4) is 0 Å². The van der Waals surface area contributed by atoms with Crippen molar-refractivity contribution in [3.05, 3.63) is 78.1 Å². The molecule has 1 fully saturated rings. The molecule has 1 atom stereocenters. The van der Waals surface area contributed by atoms with Crippen molar-refractivity contribution in [1.82, 2.24) is 15.2 Å². The zero-order chi connectivity index (χ0) is 16.2. The van der Waals surface area contributed by atoms with E-state index in [-0.39, 0.29) is 6.04 Å². The van der Waals surface area contributed by atoms with Crippen LogP contribution in [0, 0.1) is 0 Å². The average Bonchev–Trinajstić information content (AvgIpc) is 2.92. The number of benzene rings is 2. The second-order valence-electron chi connectivity index (χ2n) is 6.40. The zero-order valence-electron chi connectivity index (χ0n) is 13.9. The Bertz CT molecular complexity index is 792. The maximum Gasteiger partial charge on any atom is 0.0777 e. The van der Waals surface area contributed by atoms with Crippen LogP contribution in [0.3, 0.4) is 0 Å². The SMILES string of the molecule is c1ccc(C(c2ccc3ccccc3c2)N2CCCNCC2)nc1. The number of fused-ring (bicyclic) bond motifs is 1. The minimum atomic E-state index is 0.218. The Morgan fingerprint density at radius 2 is 1.75 bits per heavy atom. The highest BCUT2D eigenvalue weighted by Gasteiger charge is 2.24. The van der Waals surface area contributed by atoms with Crippen molar-refractivity contribution in [1.29, 1.82) is 0 Å². The van der Waals surface area contributed by atoms with Crippen LogP contribution in [-0.2, 0) is 0 Å². The molecule has 1 saturated heterocycles. The standard InChI is InChI=1S/C21H23N3/c1-2-7-18-16-19(10-9-17(18)6-1)21(20-8-3-4-12-23-20)24-14-5-11-22-13-15-24/h1-4,6-10,12,16,21-22H,5,11,13-15H2. The second-order valence-corrected chi connectivity index (χ2v) is 6.40. The predicted molar refractivity (Wildman–Crippen MR) is 99.1 cm³/mol. The van der Waals surface area contributed by atoms with E-state index in [0.717, 1.165) is 31.9 Å². The number of rotatable bonds is 3. The molecule has 0 amide bonds. The minimum Gasteiger partial charge on any atom is -0.315 e. The van der Waals surface area contributed by atoms with Gasteiger partial charge in [0.15, 0.2) is 0 Å². The Balaban J connectivity index is 1.78. The summed E-state index contributed by atoms with van der Waals surface area (Å²) in [6, 6.07) is 21.8. The summed E-state index contributed by atoms with van der Waals surface area (Å²) in [6.07, 6.45) is 3.08. The normalized spacial score (nSPS) is 17.5. The van der Waals surface area contributed by atoms with Gasteiger partial charge in [-0.1, -0.05) is 42.5 Å². The lowest BCUT2D eigenvalue weighted by Crippen LogP contribution is -2.33. The highest BCUT2D eigenvalue weighted by molar-refractivity contribution is 5.83. The summed E-state index contributed by atoms with van der Waals surface area (Å²) in [5.41, 5.74) is 2.46. The summed E-state index contributed by atoms with van der Waals surface area (Å²) in [4.78, 5) is 7.24. The van der Waals surface area contributed by atoms with E-state index in [1.54, 1.807) is 0 Å². The second kappa shape index (κ2) is 7.12. The molecule has 122 valence electrons. The van der Waals surface area contributed by atoms with Crippen molar-refractivity contribution in [2.24, 2.45) is 0 Å². The predicted octanol–water partition coefficient (Wildman–Crippen LogP) is 3.62. The van der Waals surface area contributed by atoms with Crippen LogP contribution in [0.15, 0.2) is 66.9 Å². The summed E-state index contributed by atoms with van der Waals surface area (Å²) in [5.74, 6) is 0. The van der Waals surface area contributed by atoms with Crippen LogP contribution >= 0.6 is 0 Å². The lowest BCUT2D eigenvalue weighted by atomic mass is 9.97. The molecule has 0 saturated carbocycles. The van der Waals surface area contributed by atoms with Crippen molar-refractivity contribution >= 4 is 10.8 Å². The van der Waals surface area contributed by atoms with E-state index in [1.807, 2.05) is 12.3 Å². The number of hydrogen-bond donors (Lipinski definition) is 1. The largest absolute Gasteiger partial charge is 0.315 e. The highest BCUT2D eigenvalue weighted by atomic mass is 15.2. The molecular weight excluding hydrogens is 294 g/mol. The van der Waals surface area contributed by atoms with E-state index in [2.05, 4.69) is 69.8 Å². The molecule has 2 heterocycles. The van der Waals surface area contributed by atoms with Gasteiger partial charge in [0.2, 0.25) is 0 Å². The summed E-state index contributed by atoms with van der Waals surface area (Å²) >= 11 is 0. The number of pyridine rings is 1. The van der Waals surface area contributed by atoms with Gasteiger partial charge in [-0.05, 0) is 47.5 Å². The summed E-state index contributed by atoms with van der Waals surface area (Å²) in [5, 5.41) is 6.09. The van der Waals surface area contributed by atoms with Crippen LogP contribution in [0.25, 0.3) is 10.8 Å². The topological polar surface area (TPSA) is 28.2 Å². The van der Waals surface area contributed by atoms with Gasteiger partial charge >= 0.3 is 0 Å². The van der Waals surface area contributed by atoms with Gasteiger partial charge < -0.3 is 5.32 Å². The molecule has 1 N–H and O–H groups in total. The quantitative estimate of drug-likeness (QED) is 0.800. The molecular formula is C21H23N3. The molecule has 1 aliphatic rings. The fraction of sp³-hybridized carbons (Fsp3) is 0.286. The monoisotopic (exact) mass is 317 g/mol. The maximum absolute atomic E-state index is 4.68. The molecule has 1 aliphatic heterocycles. The smallest absolute Gasteiger partial charge is 0.0777 e. The first-order valence-electron chi connectivity index (χ1n) is 8.76. The molecule has 3 aromatic rings. The molecule has 0 aliphatic carbocycles. The summed E-state index contributed by atoms with van der Waals surface area (Å²) < 4.78 is 0. The first-order valence-corrected chi connectivity index (χ1v) is 8.76. The molecule has 24 heavy (non-hydrogen) atoms. The third kappa shape index (κ3) is 3.18. The van der Waals surface area contributed by atoms with Crippen LogP contribution in [0.4, 0.5) is 0 Å². The lowest BCUT2D eigenvalue weighted by molar-refractivity contribution is 0.237. The van der Waals surface area contributed by atoms with Crippen LogP contribution in [0.1, 0.15) is 23.7 Å². The van der Waals surface area contributed by atoms with Gasteiger partial charge in [0.05, 0.1) is 11.7 Å². The fourth-order valence-electron chi connectivity index (χ4n) is 3.61. The number of hydrogen-bond acceptors (Lipinski definition) is 3. The van der Waals surface area contributed by atoms with Gasteiger partial charge in [-0.3, -0.25) is 9.88 Å². The Morgan fingerprint density at radius 3 is 2.62 bits per heavy atom. The zero-order valence-corrected chi connectivity index (χ0v) is 13.9. The van der Waals surface area contributed by atoms with Gasteiger partial charge in [0.1, 0.15) is 0 Å². The Hall–Kier alpha value is -2.23. The number of aromatic nitrogens is 1. The molecule has 0 radical (unpaired) electrons. The third-order valence-corrected chi connectivity index (χ3v) is 4.80. The summed E-state index contributed by atoms with van der Waals surface area (Å²) in [6.45, 7) is 4.29. The first-order chi connectivity index (χ1) is 11.9. The molecule has 1 unspecified atom stereocenters. The Morgan fingerprint density at radius 1 is 0.875 bits per heavy atom. The van der Waals surface area contributed by atoms with Gasteiger partial charge in [-0.15, -0.1) is 0 Å². The van der Waals surface area contributed by atoms with E-state index < -0.39 is 0 Å². The van der Waals surface area contributed by atoms with E-state index in [9.17, 15) is 0 Å². The van der Waals surface area contributed by atoms with E-state index in [0.29, 0.717) is 0 Å². The number of nitrogens with zero attached hydrogens (tertiary/aromatic N) is 2. The van der Waals surface area contributed by atoms with Crippen LogP contribution < -0.4 is 5.32 Å². The number of nitrogens with one attached hydrogen (secondary N) is 1. The van der Waals surface area contributed by atoms with E-state index in [1.165, 1.54) is 22.8 Å². The van der Waals surface area contributed by atoms with Crippen molar-refractivity contribution in [3.63, 3.8) is 0 Å². The van der Waals surface area contributed by atoms with Crippen molar-refractivity contribution in [2.45, 2.75) is 12.5 Å².